The lowest BCUT2D eigenvalue weighted by Gasteiger charge is -2.06. The van der Waals surface area contributed by atoms with Gasteiger partial charge in [-0.1, -0.05) is 37.3 Å². The van der Waals surface area contributed by atoms with Gasteiger partial charge < -0.3 is 0 Å². The molecule has 3 rings (SSSR count). The first-order valence-corrected chi connectivity index (χ1v) is 8.71. The molecule has 2 fully saturated rings. The van der Waals surface area contributed by atoms with Gasteiger partial charge in [-0.2, -0.15) is 4.31 Å². The van der Waals surface area contributed by atoms with Crippen LogP contribution in [0.2, 0.25) is 5.02 Å². The van der Waals surface area contributed by atoms with E-state index in [-0.39, 0.29) is 12.1 Å². The van der Waals surface area contributed by atoms with Gasteiger partial charge in [-0.15, -0.1) is 0 Å². The maximum Gasteiger partial charge on any atom is 0.243 e. The van der Waals surface area contributed by atoms with E-state index in [0.29, 0.717) is 9.92 Å². The lowest BCUT2D eigenvalue weighted by molar-refractivity contribution is 0.538. The second-order valence-electron chi connectivity index (χ2n) is 5.42. The Kier molecular flexibility index (Phi) is 3.58. The third-order valence-electron chi connectivity index (χ3n) is 4.15. The van der Waals surface area contributed by atoms with Crippen LogP contribution in [0.5, 0.6) is 0 Å². The fourth-order valence-electron chi connectivity index (χ4n) is 3.09. The predicted molar refractivity (Wildman–Crippen MR) is 75.8 cm³/mol. The highest BCUT2D eigenvalue weighted by Gasteiger charge is 2.54. The number of rotatable bonds is 2. The van der Waals surface area contributed by atoms with Crippen molar-refractivity contribution in [3.63, 3.8) is 0 Å². The van der Waals surface area contributed by atoms with Crippen molar-refractivity contribution < 1.29 is 8.42 Å². The Balaban J connectivity index is 1.83. The summed E-state index contributed by atoms with van der Waals surface area (Å²) < 4.78 is 26.9. The van der Waals surface area contributed by atoms with Gasteiger partial charge in [0.25, 0.3) is 0 Å². The Bertz CT molecular complexity index is 541. The third kappa shape index (κ3) is 2.54. The van der Waals surface area contributed by atoms with E-state index in [9.17, 15) is 8.42 Å². The Morgan fingerprint density at radius 3 is 2.00 bits per heavy atom. The molecule has 1 saturated heterocycles. The lowest BCUT2D eigenvalue weighted by Crippen LogP contribution is -2.15. The summed E-state index contributed by atoms with van der Waals surface area (Å²) in [7, 11) is -3.32. The molecule has 0 spiro atoms. The molecule has 0 unspecified atom stereocenters. The summed E-state index contributed by atoms with van der Waals surface area (Å²) in [5.74, 6) is 0. The average molecular weight is 300 g/mol. The van der Waals surface area contributed by atoms with Crippen molar-refractivity contribution in [1.29, 1.82) is 0 Å². The molecule has 5 heteroatoms. The van der Waals surface area contributed by atoms with Crippen molar-refractivity contribution in [1.82, 2.24) is 4.31 Å². The van der Waals surface area contributed by atoms with Gasteiger partial charge in [0.05, 0.1) is 4.90 Å². The summed E-state index contributed by atoms with van der Waals surface area (Å²) in [6.45, 7) is 0. The SMILES string of the molecule is O=S(=O)(c1ccc(Cl)cc1)N1[C@@H]2CCCCCC[C@H]21. The summed E-state index contributed by atoms with van der Waals surface area (Å²) in [6.07, 6.45) is 6.78. The standard InChI is InChI=1S/C14H18ClNO2S/c15-11-7-9-12(10-8-11)19(17,18)16-13-5-3-1-2-4-6-14(13)16/h7-10,13-14H,1-6H2/t13-,14-/m1/s1. The van der Waals surface area contributed by atoms with E-state index >= 15 is 0 Å². The van der Waals surface area contributed by atoms with Crippen LogP contribution in [0.3, 0.4) is 0 Å². The average Bonchev–Trinajstić information content (AvgIpc) is 3.02. The third-order valence-corrected chi connectivity index (χ3v) is 6.36. The van der Waals surface area contributed by atoms with Gasteiger partial charge in [0, 0.05) is 17.1 Å². The molecule has 0 aromatic heterocycles. The first-order chi connectivity index (χ1) is 9.10. The maximum atomic E-state index is 12.6. The number of fused-ring (bicyclic) bond motifs is 1. The number of hydrogen-bond donors (Lipinski definition) is 0. The molecule has 2 aliphatic rings. The molecule has 1 saturated carbocycles. The van der Waals surface area contributed by atoms with Crippen molar-refractivity contribution in [2.24, 2.45) is 0 Å². The van der Waals surface area contributed by atoms with Gasteiger partial charge in [-0.25, -0.2) is 8.42 Å². The van der Waals surface area contributed by atoms with Crippen molar-refractivity contribution in [2.45, 2.75) is 55.5 Å². The molecule has 104 valence electrons. The molecule has 1 aliphatic heterocycles. The van der Waals surface area contributed by atoms with Crippen molar-refractivity contribution in [3.8, 4) is 0 Å². The van der Waals surface area contributed by atoms with E-state index in [1.807, 2.05) is 0 Å². The quantitative estimate of drug-likeness (QED) is 0.785. The van der Waals surface area contributed by atoms with Crippen LogP contribution in [0.1, 0.15) is 38.5 Å². The van der Waals surface area contributed by atoms with Crippen LogP contribution in [0.15, 0.2) is 29.2 Å². The Morgan fingerprint density at radius 2 is 1.47 bits per heavy atom. The molecule has 1 heterocycles. The van der Waals surface area contributed by atoms with Gasteiger partial charge in [0.15, 0.2) is 0 Å². The molecule has 3 nitrogen and oxygen atoms in total. The van der Waals surface area contributed by atoms with Crippen LogP contribution in [0, 0.1) is 0 Å². The minimum atomic E-state index is -3.32. The topological polar surface area (TPSA) is 37.1 Å². The highest BCUT2D eigenvalue weighted by Crippen LogP contribution is 2.43. The summed E-state index contributed by atoms with van der Waals surface area (Å²) in [5.41, 5.74) is 0. The molecule has 0 N–H and O–H groups in total. The zero-order valence-corrected chi connectivity index (χ0v) is 12.3. The van der Waals surface area contributed by atoms with E-state index in [1.54, 1.807) is 28.6 Å². The molecule has 1 aromatic carbocycles. The number of nitrogens with zero attached hydrogens (tertiary/aromatic N) is 1. The van der Waals surface area contributed by atoms with Crippen LogP contribution in [0.4, 0.5) is 0 Å². The molecular weight excluding hydrogens is 282 g/mol. The smallest absolute Gasteiger partial charge is 0.207 e. The van der Waals surface area contributed by atoms with Crippen LogP contribution in [-0.4, -0.2) is 24.8 Å². The Labute approximate surface area is 119 Å². The highest BCUT2D eigenvalue weighted by molar-refractivity contribution is 7.89. The van der Waals surface area contributed by atoms with Crippen LogP contribution in [0.25, 0.3) is 0 Å². The van der Waals surface area contributed by atoms with Gasteiger partial charge in [0.2, 0.25) is 10.0 Å². The number of benzene rings is 1. The molecule has 0 radical (unpaired) electrons. The lowest BCUT2D eigenvalue weighted by atomic mass is 10.0. The molecule has 0 bridgehead atoms. The summed E-state index contributed by atoms with van der Waals surface area (Å²) in [5, 5.41) is 0.566. The van der Waals surface area contributed by atoms with E-state index < -0.39 is 10.0 Å². The molecule has 0 amide bonds. The van der Waals surface area contributed by atoms with Crippen molar-refractivity contribution >= 4 is 21.6 Å². The van der Waals surface area contributed by atoms with Gasteiger partial charge in [-0.3, -0.25) is 0 Å². The number of hydrogen-bond acceptors (Lipinski definition) is 2. The first kappa shape index (κ1) is 13.4. The van der Waals surface area contributed by atoms with E-state index in [4.69, 9.17) is 11.6 Å². The molecule has 1 aliphatic carbocycles. The summed E-state index contributed by atoms with van der Waals surface area (Å²) in [4.78, 5) is 0.364. The summed E-state index contributed by atoms with van der Waals surface area (Å²) >= 11 is 5.81. The predicted octanol–water partition coefficient (Wildman–Crippen LogP) is 3.44. The zero-order valence-electron chi connectivity index (χ0n) is 10.8. The Morgan fingerprint density at radius 1 is 0.947 bits per heavy atom. The van der Waals surface area contributed by atoms with Gasteiger partial charge in [0.1, 0.15) is 0 Å². The van der Waals surface area contributed by atoms with Crippen molar-refractivity contribution in [3.05, 3.63) is 29.3 Å². The first-order valence-electron chi connectivity index (χ1n) is 6.90. The molecule has 1 aromatic rings. The van der Waals surface area contributed by atoms with Crippen LogP contribution < -0.4 is 0 Å². The van der Waals surface area contributed by atoms with E-state index in [1.165, 1.54) is 12.8 Å². The highest BCUT2D eigenvalue weighted by atomic mass is 35.5. The molecule has 19 heavy (non-hydrogen) atoms. The van der Waals surface area contributed by atoms with Gasteiger partial charge >= 0.3 is 0 Å². The minimum Gasteiger partial charge on any atom is -0.207 e. The second-order valence-corrected chi connectivity index (χ2v) is 7.69. The van der Waals surface area contributed by atoms with Gasteiger partial charge in [-0.05, 0) is 37.1 Å². The van der Waals surface area contributed by atoms with Crippen LogP contribution in [-0.2, 0) is 10.0 Å². The fourth-order valence-corrected chi connectivity index (χ4v) is 5.09. The monoisotopic (exact) mass is 299 g/mol. The van der Waals surface area contributed by atoms with E-state index in [2.05, 4.69) is 0 Å². The normalized spacial score (nSPS) is 31.1. The number of halogens is 1. The van der Waals surface area contributed by atoms with Crippen LogP contribution >= 0.6 is 11.6 Å². The molecular formula is C14H18ClNO2S. The van der Waals surface area contributed by atoms with E-state index in [0.717, 1.165) is 25.7 Å². The fraction of sp³-hybridized carbons (Fsp3) is 0.571. The Hall–Kier alpha value is -0.580. The molecule has 2 atom stereocenters. The zero-order chi connectivity index (χ0) is 13.5. The largest absolute Gasteiger partial charge is 0.243 e. The second kappa shape index (κ2) is 5.08. The maximum absolute atomic E-state index is 12.6. The minimum absolute atomic E-state index is 0.237. The summed E-state index contributed by atoms with van der Waals surface area (Å²) in [6, 6.07) is 6.95. The number of sulfonamides is 1. The van der Waals surface area contributed by atoms with Crippen molar-refractivity contribution in [2.75, 3.05) is 0 Å².